The molecule has 1 N–H and O–H groups in total. The van der Waals surface area contributed by atoms with E-state index in [-0.39, 0.29) is 6.04 Å². The van der Waals surface area contributed by atoms with E-state index in [0.29, 0.717) is 17.2 Å². The quantitative estimate of drug-likeness (QED) is 0.873. The second-order valence-corrected chi connectivity index (χ2v) is 10.2. The normalized spacial score (nSPS) is 36.9. The zero-order chi connectivity index (χ0) is 18.0. The second-order valence-electron chi connectivity index (χ2n) is 10.2. The Kier molecular flexibility index (Phi) is 3.73. The van der Waals surface area contributed by atoms with Crippen LogP contribution < -0.4 is 5.32 Å². The number of rotatable bonds is 3. The second kappa shape index (κ2) is 6.07. The van der Waals surface area contributed by atoms with Gasteiger partial charge in [-0.2, -0.15) is 0 Å². The molecule has 4 atom stereocenters. The van der Waals surface area contributed by atoms with E-state index in [2.05, 4.69) is 34.5 Å². The number of benzene rings is 1. The van der Waals surface area contributed by atoms with Gasteiger partial charge in [0, 0.05) is 17.4 Å². The van der Waals surface area contributed by atoms with E-state index in [1.165, 1.54) is 57.2 Å². The Bertz CT molecular complexity index is 747. The summed E-state index contributed by atoms with van der Waals surface area (Å²) < 4.78 is 0. The minimum atomic E-state index is 0.239. The lowest BCUT2D eigenvalue weighted by Crippen LogP contribution is -2.48. The van der Waals surface area contributed by atoms with Crippen LogP contribution in [0, 0.1) is 17.8 Å². The molecule has 3 heteroatoms. The fraction of sp³-hybridized carbons (Fsp3) is 0.708. The Morgan fingerprint density at radius 3 is 2.56 bits per heavy atom. The molecule has 1 amide bonds. The van der Waals surface area contributed by atoms with E-state index in [1.54, 1.807) is 5.56 Å². The number of amides is 1. The number of carbonyl (C=O) groups is 1. The molecule has 0 aromatic heterocycles. The number of likely N-dealkylation sites (tertiary alicyclic amines) is 1. The zero-order valence-electron chi connectivity index (χ0n) is 16.3. The monoisotopic (exact) mass is 364 g/mol. The van der Waals surface area contributed by atoms with Gasteiger partial charge in [-0.3, -0.25) is 4.79 Å². The molecule has 27 heavy (non-hydrogen) atoms. The summed E-state index contributed by atoms with van der Waals surface area (Å²) in [6.07, 6.45) is 11.8. The topological polar surface area (TPSA) is 32.3 Å². The summed E-state index contributed by atoms with van der Waals surface area (Å²) in [5, 5.41) is 3.40. The standard InChI is InChI=1S/C24H32N2O/c27-23(17-7-8-17)25-21-15-24(20-4-2-1-3-19(20)21)9-11-26(12-10-24)22-14-16-5-6-18(22)13-16/h1-4,16-18,21-22H,5-15H2,(H,25,27)/t16-,18-,21+,22-/m1/s1. The van der Waals surface area contributed by atoms with Gasteiger partial charge in [0.05, 0.1) is 6.04 Å². The molecule has 0 radical (unpaired) electrons. The first kappa shape index (κ1) is 16.6. The first-order valence-electron chi connectivity index (χ1n) is 11.4. The summed E-state index contributed by atoms with van der Waals surface area (Å²) in [4.78, 5) is 15.3. The minimum Gasteiger partial charge on any atom is -0.349 e. The molecule has 1 heterocycles. The first-order valence-corrected chi connectivity index (χ1v) is 11.4. The van der Waals surface area contributed by atoms with E-state index in [9.17, 15) is 4.79 Å². The molecule has 3 saturated carbocycles. The lowest BCUT2D eigenvalue weighted by molar-refractivity contribution is -0.123. The summed E-state index contributed by atoms with van der Waals surface area (Å²) in [6, 6.07) is 10.1. The lowest BCUT2D eigenvalue weighted by atomic mass is 9.73. The number of hydrogen-bond acceptors (Lipinski definition) is 2. The third-order valence-electron chi connectivity index (χ3n) is 8.69. The zero-order valence-corrected chi connectivity index (χ0v) is 16.3. The fourth-order valence-corrected chi connectivity index (χ4v) is 7.07. The van der Waals surface area contributed by atoms with Crippen molar-refractivity contribution in [3.8, 4) is 0 Å². The molecule has 6 rings (SSSR count). The van der Waals surface area contributed by atoms with Crippen LogP contribution in [0.25, 0.3) is 0 Å². The summed E-state index contributed by atoms with van der Waals surface area (Å²) in [6.45, 7) is 2.51. The summed E-state index contributed by atoms with van der Waals surface area (Å²) in [7, 11) is 0. The maximum atomic E-state index is 12.4. The highest BCUT2D eigenvalue weighted by Crippen LogP contribution is 2.53. The number of piperidine rings is 1. The third-order valence-corrected chi connectivity index (χ3v) is 8.69. The van der Waals surface area contributed by atoms with Crippen LogP contribution in [0.5, 0.6) is 0 Å². The van der Waals surface area contributed by atoms with Crippen LogP contribution in [0.1, 0.15) is 75.0 Å². The number of nitrogens with zero attached hydrogens (tertiary/aromatic N) is 1. The van der Waals surface area contributed by atoms with Gasteiger partial charge in [-0.05, 0) is 87.4 Å². The van der Waals surface area contributed by atoms with Gasteiger partial charge in [0.1, 0.15) is 0 Å². The van der Waals surface area contributed by atoms with Crippen LogP contribution in [-0.2, 0) is 10.2 Å². The van der Waals surface area contributed by atoms with E-state index in [0.717, 1.165) is 37.1 Å². The molecular formula is C24H32N2O. The van der Waals surface area contributed by atoms with E-state index < -0.39 is 0 Å². The molecule has 1 spiro atoms. The predicted molar refractivity (Wildman–Crippen MR) is 106 cm³/mol. The van der Waals surface area contributed by atoms with Crippen molar-refractivity contribution in [1.82, 2.24) is 10.2 Å². The van der Waals surface area contributed by atoms with Crippen molar-refractivity contribution in [3.63, 3.8) is 0 Å². The van der Waals surface area contributed by atoms with Crippen molar-refractivity contribution in [2.45, 2.75) is 75.3 Å². The Balaban J connectivity index is 1.20. The lowest BCUT2D eigenvalue weighted by Gasteiger charge is -2.44. The van der Waals surface area contributed by atoms with Gasteiger partial charge >= 0.3 is 0 Å². The Morgan fingerprint density at radius 1 is 1.04 bits per heavy atom. The smallest absolute Gasteiger partial charge is 0.223 e. The summed E-state index contributed by atoms with van der Waals surface area (Å²) >= 11 is 0. The molecule has 1 aliphatic heterocycles. The highest BCUT2D eigenvalue weighted by molar-refractivity contribution is 5.81. The molecule has 2 bridgehead atoms. The highest BCUT2D eigenvalue weighted by atomic mass is 16.2. The van der Waals surface area contributed by atoms with E-state index in [4.69, 9.17) is 0 Å². The van der Waals surface area contributed by atoms with Crippen molar-refractivity contribution >= 4 is 5.91 Å². The van der Waals surface area contributed by atoms with Gasteiger partial charge in [0.2, 0.25) is 5.91 Å². The molecule has 1 aromatic rings. The Hall–Kier alpha value is -1.35. The molecule has 3 nitrogen and oxygen atoms in total. The van der Waals surface area contributed by atoms with Crippen molar-refractivity contribution in [2.75, 3.05) is 13.1 Å². The van der Waals surface area contributed by atoms with Crippen molar-refractivity contribution in [3.05, 3.63) is 35.4 Å². The molecule has 5 aliphatic rings. The maximum Gasteiger partial charge on any atom is 0.223 e. The van der Waals surface area contributed by atoms with Crippen molar-refractivity contribution in [1.29, 1.82) is 0 Å². The molecule has 1 saturated heterocycles. The van der Waals surface area contributed by atoms with Crippen LogP contribution in [-0.4, -0.2) is 29.9 Å². The van der Waals surface area contributed by atoms with Gasteiger partial charge in [0.25, 0.3) is 0 Å². The van der Waals surface area contributed by atoms with Gasteiger partial charge < -0.3 is 10.2 Å². The van der Waals surface area contributed by atoms with Crippen LogP contribution in [0.4, 0.5) is 0 Å². The van der Waals surface area contributed by atoms with E-state index >= 15 is 0 Å². The summed E-state index contributed by atoms with van der Waals surface area (Å²) in [5.41, 5.74) is 3.24. The average Bonchev–Trinajstić information content (AvgIpc) is 3.24. The number of fused-ring (bicyclic) bond motifs is 4. The molecule has 4 aliphatic carbocycles. The largest absolute Gasteiger partial charge is 0.349 e. The first-order chi connectivity index (χ1) is 13.2. The number of carbonyl (C=O) groups excluding carboxylic acids is 1. The SMILES string of the molecule is O=C(N[C@H]1CC2(CCN([C@@H]3C[C@@H]4CC[C@@H]3C4)CC2)c2ccccc21)C1CC1. The highest BCUT2D eigenvalue weighted by Gasteiger charge is 2.49. The average molecular weight is 365 g/mol. The van der Waals surface area contributed by atoms with Crippen molar-refractivity contribution in [2.24, 2.45) is 17.8 Å². The number of hydrogen-bond donors (Lipinski definition) is 1. The molecule has 1 aromatic carbocycles. The van der Waals surface area contributed by atoms with Crippen molar-refractivity contribution < 1.29 is 4.79 Å². The van der Waals surface area contributed by atoms with Gasteiger partial charge in [-0.25, -0.2) is 0 Å². The van der Waals surface area contributed by atoms with Gasteiger partial charge in [0.15, 0.2) is 0 Å². The van der Waals surface area contributed by atoms with Crippen LogP contribution in [0.3, 0.4) is 0 Å². The molecule has 0 unspecified atom stereocenters. The van der Waals surface area contributed by atoms with Gasteiger partial charge in [-0.15, -0.1) is 0 Å². The third kappa shape index (κ3) is 2.68. The maximum absolute atomic E-state index is 12.4. The van der Waals surface area contributed by atoms with Gasteiger partial charge in [-0.1, -0.05) is 30.7 Å². The Morgan fingerprint density at radius 2 is 1.85 bits per heavy atom. The fourth-order valence-electron chi connectivity index (χ4n) is 7.07. The Labute approximate surface area is 162 Å². The van der Waals surface area contributed by atoms with Crippen LogP contribution in [0.15, 0.2) is 24.3 Å². The molecule has 4 fully saturated rings. The van der Waals surface area contributed by atoms with Crippen LogP contribution in [0.2, 0.25) is 0 Å². The molecule has 144 valence electrons. The minimum absolute atomic E-state index is 0.239. The predicted octanol–water partition coefficient (Wildman–Crippen LogP) is 4.18. The number of nitrogens with one attached hydrogen (secondary N) is 1. The summed E-state index contributed by atoms with van der Waals surface area (Å²) in [5.74, 6) is 2.62. The molecular weight excluding hydrogens is 332 g/mol. The van der Waals surface area contributed by atoms with Crippen LogP contribution >= 0.6 is 0 Å². The van der Waals surface area contributed by atoms with E-state index in [1.807, 2.05) is 0 Å².